The normalized spacial score (nSPS) is 18.7. The number of aromatic nitrogens is 2. The van der Waals surface area contributed by atoms with E-state index in [1.54, 1.807) is 0 Å². The first-order valence-corrected chi connectivity index (χ1v) is 6.57. The maximum Gasteiger partial charge on any atom is 0.0680 e. The van der Waals surface area contributed by atoms with Gasteiger partial charge in [-0.15, -0.1) is 0 Å². The van der Waals surface area contributed by atoms with Gasteiger partial charge in [-0.05, 0) is 50.3 Å². The van der Waals surface area contributed by atoms with Crippen molar-refractivity contribution in [1.29, 1.82) is 0 Å². The molecule has 94 valence electrons. The topological polar surface area (TPSA) is 43.8 Å². The summed E-state index contributed by atoms with van der Waals surface area (Å²) in [5.74, 6) is 0. The summed E-state index contributed by atoms with van der Waals surface area (Å²) in [5.41, 5.74) is 12.5. The number of aryl methyl sites for hydroxylation is 1. The summed E-state index contributed by atoms with van der Waals surface area (Å²) in [5, 5.41) is 4.56. The molecule has 0 fully saturated rings. The van der Waals surface area contributed by atoms with Crippen molar-refractivity contribution in [3.8, 4) is 5.69 Å². The molecule has 0 aliphatic heterocycles. The number of nitrogens with zero attached hydrogens (tertiary/aromatic N) is 2. The quantitative estimate of drug-likeness (QED) is 0.834. The lowest BCUT2D eigenvalue weighted by Gasteiger charge is -2.20. The highest BCUT2D eigenvalue weighted by Crippen LogP contribution is 2.30. The molecule has 0 spiro atoms. The van der Waals surface area contributed by atoms with Gasteiger partial charge in [0.1, 0.15) is 0 Å². The average Bonchev–Trinajstić information content (AvgIpc) is 2.78. The van der Waals surface area contributed by atoms with Crippen LogP contribution in [0.4, 0.5) is 0 Å². The smallest absolute Gasteiger partial charge is 0.0680 e. The predicted octanol–water partition coefficient (Wildman–Crippen LogP) is 2.83. The summed E-state index contributed by atoms with van der Waals surface area (Å²) in [6, 6.07) is 6.53. The summed E-state index contributed by atoms with van der Waals surface area (Å²) >= 11 is 0. The maximum absolute atomic E-state index is 6.15. The van der Waals surface area contributed by atoms with Gasteiger partial charge in [0.25, 0.3) is 0 Å². The lowest BCUT2D eigenvalue weighted by molar-refractivity contribution is 0.557. The van der Waals surface area contributed by atoms with Crippen LogP contribution in [0.25, 0.3) is 5.69 Å². The van der Waals surface area contributed by atoms with E-state index >= 15 is 0 Å². The minimum atomic E-state index is 0.160. The van der Waals surface area contributed by atoms with Gasteiger partial charge in [-0.25, -0.2) is 4.68 Å². The molecule has 0 saturated carbocycles. The van der Waals surface area contributed by atoms with Crippen LogP contribution in [-0.2, 0) is 6.42 Å². The van der Waals surface area contributed by atoms with Gasteiger partial charge in [-0.1, -0.05) is 12.1 Å². The molecule has 0 saturated heterocycles. The third-order valence-electron chi connectivity index (χ3n) is 4.03. The van der Waals surface area contributed by atoms with Crippen LogP contribution in [0.3, 0.4) is 0 Å². The van der Waals surface area contributed by atoms with Gasteiger partial charge < -0.3 is 5.73 Å². The van der Waals surface area contributed by atoms with E-state index in [4.69, 9.17) is 5.73 Å². The minimum Gasteiger partial charge on any atom is -0.324 e. The monoisotopic (exact) mass is 241 g/mol. The van der Waals surface area contributed by atoms with Crippen molar-refractivity contribution in [3.05, 3.63) is 46.8 Å². The number of fused-ring (bicyclic) bond motifs is 1. The number of rotatable bonds is 1. The van der Waals surface area contributed by atoms with E-state index in [0.717, 1.165) is 19.3 Å². The van der Waals surface area contributed by atoms with Gasteiger partial charge in [0.15, 0.2) is 0 Å². The van der Waals surface area contributed by atoms with Crippen molar-refractivity contribution in [3.63, 3.8) is 0 Å². The van der Waals surface area contributed by atoms with Crippen molar-refractivity contribution < 1.29 is 0 Å². The molecular weight excluding hydrogens is 222 g/mol. The van der Waals surface area contributed by atoms with Crippen LogP contribution >= 0.6 is 0 Å². The number of hydrogen-bond donors (Lipinski definition) is 1. The van der Waals surface area contributed by atoms with Crippen molar-refractivity contribution >= 4 is 0 Å². The van der Waals surface area contributed by atoms with E-state index in [1.165, 1.54) is 28.1 Å². The fraction of sp³-hybridized carbons (Fsp3) is 0.400. The highest BCUT2D eigenvalue weighted by atomic mass is 15.3. The molecule has 18 heavy (non-hydrogen) atoms. The Labute approximate surface area is 108 Å². The molecule has 0 amide bonds. The Morgan fingerprint density at radius 2 is 2.17 bits per heavy atom. The summed E-state index contributed by atoms with van der Waals surface area (Å²) in [4.78, 5) is 0. The molecule has 1 aliphatic rings. The van der Waals surface area contributed by atoms with Crippen molar-refractivity contribution in [2.24, 2.45) is 5.73 Å². The van der Waals surface area contributed by atoms with Gasteiger partial charge in [0.2, 0.25) is 0 Å². The Balaban J connectivity index is 2.16. The second-order valence-electron chi connectivity index (χ2n) is 5.18. The van der Waals surface area contributed by atoms with E-state index in [1.807, 2.05) is 6.20 Å². The largest absolute Gasteiger partial charge is 0.324 e. The Morgan fingerprint density at radius 3 is 3.00 bits per heavy atom. The Hall–Kier alpha value is -1.61. The molecule has 0 radical (unpaired) electrons. The van der Waals surface area contributed by atoms with E-state index in [2.05, 4.69) is 41.8 Å². The number of nitrogens with two attached hydrogens (primary N) is 1. The fourth-order valence-electron chi connectivity index (χ4n) is 2.76. The van der Waals surface area contributed by atoms with Gasteiger partial charge in [-0.3, -0.25) is 0 Å². The lowest BCUT2D eigenvalue weighted by atomic mass is 9.93. The molecule has 1 heterocycles. The molecule has 1 aliphatic carbocycles. The summed E-state index contributed by atoms with van der Waals surface area (Å²) < 4.78 is 2.08. The molecule has 3 rings (SSSR count). The van der Waals surface area contributed by atoms with Crippen LogP contribution in [0.5, 0.6) is 0 Å². The molecule has 2 N–H and O–H groups in total. The van der Waals surface area contributed by atoms with Gasteiger partial charge >= 0.3 is 0 Å². The van der Waals surface area contributed by atoms with Crippen molar-refractivity contribution in [1.82, 2.24) is 9.78 Å². The van der Waals surface area contributed by atoms with Crippen molar-refractivity contribution in [2.75, 3.05) is 0 Å². The second-order valence-corrected chi connectivity index (χ2v) is 5.18. The standard InChI is InChI=1S/C15H19N3/c1-10-5-3-7-14(11(10)2)18-15-8-4-6-13(16)12(15)9-17-18/h3,5,7,9,13H,4,6,8,16H2,1-2H3/t13-/m1/s1. The number of hydrogen-bond acceptors (Lipinski definition) is 2. The van der Waals surface area contributed by atoms with Crippen LogP contribution in [0.2, 0.25) is 0 Å². The zero-order valence-corrected chi connectivity index (χ0v) is 11.0. The first-order chi connectivity index (χ1) is 8.68. The Morgan fingerprint density at radius 1 is 1.33 bits per heavy atom. The van der Waals surface area contributed by atoms with Crippen molar-refractivity contribution in [2.45, 2.75) is 39.2 Å². The summed E-state index contributed by atoms with van der Waals surface area (Å²) in [7, 11) is 0. The average molecular weight is 241 g/mol. The van der Waals surface area contributed by atoms with E-state index in [0.29, 0.717) is 0 Å². The van der Waals surface area contributed by atoms with Crippen LogP contribution in [0.1, 0.15) is 41.3 Å². The minimum absolute atomic E-state index is 0.160. The third-order valence-corrected chi connectivity index (χ3v) is 4.03. The van der Waals surface area contributed by atoms with Gasteiger partial charge in [0.05, 0.1) is 11.9 Å². The number of benzene rings is 1. The SMILES string of the molecule is Cc1cccc(-n2ncc3c2CCC[C@H]3N)c1C. The summed E-state index contributed by atoms with van der Waals surface area (Å²) in [6.07, 6.45) is 5.26. The van der Waals surface area contributed by atoms with Crippen LogP contribution in [-0.4, -0.2) is 9.78 Å². The third kappa shape index (κ3) is 1.66. The van der Waals surface area contributed by atoms with E-state index in [-0.39, 0.29) is 6.04 Å². The molecular formula is C15H19N3. The Kier molecular flexibility index (Phi) is 2.71. The lowest BCUT2D eigenvalue weighted by Crippen LogP contribution is -2.18. The zero-order valence-electron chi connectivity index (χ0n) is 11.0. The zero-order chi connectivity index (χ0) is 12.7. The molecule has 0 unspecified atom stereocenters. The molecule has 1 atom stereocenters. The van der Waals surface area contributed by atoms with E-state index in [9.17, 15) is 0 Å². The summed E-state index contributed by atoms with van der Waals surface area (Å²) in [6.45, 7) is 4.29. The van der Waals surface area contributed by atoms with Crippen LogP contribution in [0, 0.1) is 13.8 Å². The highest BCUT2D eigenvalue weighted by molar-refractivity contribution is 5.46. The first-order valence-electron chi connectivity index (χ1n) is 6.57. The maximum atomic E-state index is 6.15. The van der Waals surface area contributed by atoms with Crippen LogP contribution < -0.4 is 5.73 Å². The highest BCUT2D eigenvalue weighted by Gasteiger charge is 2.22. The first kappa shape index (κ1) is 11.5. The van der Waals surface area contributed by atoms with Gasteiger partial charge in [0, 0.05) is 17.3 Å². The molecule has 3 heteroatoms. The van der Waals surface area contributed by atoms with Gasteiger partial charge in [-0.2, -0.15) is 5.10 Å². The Bertz CT molecular complexity index is 583. The molecule has 1 aromatic heterocycles. The molecule has 3 nitrogen and oxygen atoms in total. The fourth-order valence-corrected chi connectivity index (χ4v) is 2.76. The second kappa shape index (κ2) is 4.25. The predicted molar refractivity (Wildman–Crippen MR) is 72.9 cm³/mol. The molecule has 0 bridgehead atoms. The van der Waals surface area contributed by atoms with E-state index < -0.39 is 0 Å². The van der Waals surface area contributed by atoms with Crippen LogP contribution in [0.15, 0.2) is 24.4 Å². The molecule has 1 aromatic carbocycles. The molecule has 2 aromatic rings.